The number of thiophene rings is 1. The Bertz CT molecular complexity index is 621. The summed E-state index contributed by atoms with van der Waals surface area (Å²) in [7, 11) is 0. The van der Waals surface area contributed by atoms with E-state index in [0.29, 0.717) is 0 Å². The summed E-state index contributed by atoms with van der Waals surface area (Å²) in [6.07, 6.45) is 1.53. The lowest BCUT2D eigenvalue weighted by Gasteiger charge is -1.98. The molecular formula is C8H3ClN4S3. The summed E-state index contributed by atoms with van der Waals surface area (Å²) in [5.41, 5.74) is 0. The first-order valence-corrected chi connectivity index (χ1v) is 7.03. The highest BCUT2D eigenvalue weighted by Gasteiger charge is 2.10. The number of aromatic nitrogens is 4. The molecule has 0 bridgehead atoms. The Morgan fingerprint density at radius 3 is 3.06 bits per heavy atom. The lowest BCUT2D eigenvalue weighted by Crippen LogP contribution is -1.85. The standard InChI is InChI=1S/C8H3ClN4S3/c9-7-12-5-4(1-2-14-5)6(13-7)15-8-10-3-11-16-8/h1-3H. The molecule has 16 heavy (non-hydrogen) atoms. The zero-order valence-electron chi connectivity index (χ0n) is 7.62. The van der Waals surface area contributed by atoms with Crippen molar-refractivity contribution in [1.82, 2.24) is 19.3 Å². The highest BCUT2D eigenvalue weighted by molar-refractivity contribution is 8.01. The quantitative estimate of drug-likeness (QED) is 0.534. The largest absolute Gasteiger partial charge is 0.224 e. The number of hydrogen-bond donors (Lipinski definition) is 0. The van der Waals surface area contributed by atoms with E-state index in [1.165, 1.54) is 29.6 Å². The van der Waals surface area contributed by atoms with Gasteiger partial charge in [-0.3, -0.25) is 0 Å². The van der Waals surface area contributed by atoms with Crippen LogP contribution in [0.3, 0.4) is 0 Å². The van der Waals surface area contributed by atoms with Crippen LogP contribution in [0.4, 0.5) is 0 Å². The molecule has 3 aromatic rings. The summed E-state index contributed by atoms with van der Waals surface area (Å²) in [6, 6.07) is 1.99. The normalized spacial score (nSPS) is 11.1. The van der Waals surface area contributed by atoms with Crippen LogP contribution in [0.1, 0.15) is 0 Å². The molecule has 0 aliphatic heterocycles. The van der Waals surface area contributed by atoms with Gasteiger partial charge < -0.3 is 0 Å². The van der Waals surface area contributed by atoms with Crippen molar-refractivity contribution in [2.24, 2.45) is 0 Å². The lowest BCUT2D eigenvalue weighted by atomic mass is 10.4. The zero-order valence-corrected chi connectivity index (χ0v) is 10.8. The second-order valence-corrected chi connectivity index (χ2v) is 6.00. The summed E-state index contributed by atoms with van der Waals surface area (Å²) in [6.45, 7) is 0. The summed E-state index contributed by atoms with van der Waals surface area (Å²) in [5.74, 6) is 0. The van der Waals surface area contributed by atoms with Crippen LogP contribution in [0.15, 0.2) is 27.1 Å². The molecule has 0 atom stereocenters. The van der Waals surface area contributed by atoms with Gasteiger partial charge in [0.25, 0.3) is 0 Å². The Labute approximate surface area is 108 Å². The van der Waals surface area contributed by atoms with Crippen molar-refractivity contribution >= 4 is 56.4 Å². The van der Waals surface area contributed by atoms with Crippen LogP contribution in [0.25, 0.3) is 10.2 Å². The van der Waals surface area contributed by atoms with E-state index in [1.54, 1.807) is 11.3 Å². The Balaban J connectivity index is 2.11. The first-order chi connectivity index (χ1) is 7.83. The molecule has 3 aromatic heterocycles. The van der Waals surface area contributed by atoms with Crippen molar-refractivity contribution in [2.75, 3.05) is 0 Å². The van der Waals surface area contributed by atoms with Crippen molar-refractivity contribution in [2.45, 2.75) is 9.37 Å². The molecule has 0 aliphatic rings. The highest BCUT2D eigenvalue weighted by Crippen LogP contribution is 2.34. The lowest BCUT2D eigenvalue weighted by molar-refractivity contribution is 1.10. The number of fused-ring (bicyclic) bond motifs is 1. The zero-order chi connectivity index (χ0) is 11.0. The Kier molecular flexibility index (Phi) is 2.76. The maximum absolute atomic E-state index is 5.86. The summed E-state index contributed by atoms with van der Waals surface area (Å²) in [5, 5.41) is 4.07. The van der Waals surface area contributed by atoms with E-state index in [0.717, 1.165) is 19.6 Å². The molecule has 3 heterocycles. The number of rotatable bonds is 2. The fourth-order valence-electron chi connectivity index (χ4n) is 1.17. The molecule has 0 unspecified atom stereocenters. The van der Waals surface area contributed by atoms with Crippen molar-refractivity contribution in [3.05, 3.63) is 23.1 Å². The van der Waals surface area contributed by atoms with Gasteiger partial charge in [-0.2, -0.15) is 4.37 Å². The molecule has 4 nitrogen and oxygen atoms in total. The van der Waals surface area contributed by atoms with E-state index in [-0.39, 0.29) is 5.28 Å². The molecular weight excluding hydrogens is 284 g/mol. The predicted octanol–water partition coefficient (Wildman–Crippen LogP) is 3.35. The summed E-state index contributed by atoms with van der Waals surface area (Å²) < 4.78 is 4.79. The SMILES string of the molecule is Clc1nc(Sc2ncns2)c2ccsc2n1. The molecule has 0 fully saturated rings. The van der Waals surface area contributed by atoms with Crippen LogP contribution in [-0.2, 0) is 0 Å². The first-order valence-electron chi connectivity index (χ1n) is 4.18. The highest BCUT2D eigenvalue weighted by atomic mass is 35.5. The fraction of sp³-hybridized carbons (Fsp3) is 0. The van der Waals surface area contributed by atoms with Gasteiger partial charge in [-0.05, 0) is 46.3 Å². The van der Waals surface area contributed by atoms with E-state index in [1.807, 2.05) is 11.4 Å². The third kappa shape index (κ3) is 1.91. The third-order valence-electron chi connectivity index (χ3n) is 1.79. The van der Waals surface area contributed by atoms with Crippen LogP contribution in [-0.4, -0.2) is 19.3 Å². The molecule has 3 rings (SSSR count). The van der Waals surface area contributed by atoms with Crippen molar-refractivity contribution in [1.29, 1.82) is 0 Å². The average Bonchev–Trinajstić information content (AvgIpc) is 2.87. The van der Waals surface area contributed by atoms with Gasteiger partial charge in [0, 0.05) is 5.39 Å². The maximum atomic E-state index is 5.86. The van der Waals surface area contributed by atoms with E-state index in [2.05, 4.69) is 19.3 Å². The van der Waals surface area contributed by atoms with Crippen molar-refractivity contribution < 1.29 is 0 Å². The molecule has 0 saturated heterocycles. The van der Waals surface area contributed by atoms with Crippen LogP contribution in [0.2, 0.25) is 5.28 Å². The minimum absolute atomic E-state index is 0.266. The van der Waals surface area contributed by atoms with E-state index < -0.39 is 0 Å². The van der Waals surface area contributed by atoms with Crippen molar-refractivity contribution in [3.8, 4) is 0 Å². The fourth-order valence-corrected chi connectivity index (χ4v) is 3.74. The Morgan fingerprint density at radius 2 is 2.25 bits per heavy atom. The van der Waals surface area contributed by atoms with E-state index in [9.17, 15) is 0 Å². The van der Waals surface area contributed by atoms with Gasteiger partial charge in [0.1, 0.15) is 16.2 Å². The van der Waals surface area contributed by atoms with E-state index >= 15 is 0 Å². The molecule has 0 amide bonds. The van der Waals surface area contributed by atoms with Gasteiger partial charge in [0.05, 0.1) is 0 Å². The molecule has 0 radical (unpaired) electrons. The minimum Gasteiger partial charge on any atom is -0.216 e. The summed E-state index contributed by atoms with van der Waals surface area (Å²) >= 11 is 10.2. The number of halogens is 1. The van der Waals surface area contributed by atoms with Gasteiger partial charge in [0.2, 0.25) is 5.28 Å². The molecule has 0 N–H and O–H groups in total. The van der Waals surface area contributed by atoms with Gasteiger partial charge in [-0.25, -0.2) is 15.0 Å². The van der Waals surface area contributed by atoms with Gasteiger partial charge >= 0.3 is 0 Å². The number of hydrogen-bond acceptors (Lipinski definition) is 7. The summed E-state index contributed by atoms with van der Waals surface area (Å²) in [4.78, 5) is 13.4. The van der Waals surface area contributed by atoms with E-state index in [4.69, 9.17) is 11.6 Å². The molecule has 8 heteroatoms. The van der Waals surface area contributed by atoms with Crippen LogP contribution >= 0.6 is 46.2 Å². The van der Waals surface area contributed by atoms with Gasteiger partial charge in [-0.1, -0.05) is 0 Å². The van der Waals surface area contributed by atoms with Crippen LogP contribution < -0.4 is 0 Å². The Morgan fingerprint density at radius 1 is 1.31 bits per heavy atom. The van der Waals surface area contributed by atoms with Crippen molar-refractivity contribution in [3.63, 3.8) is 0 Å². The molecule has 0 aliphatic carbocycles. The third-order valence-corrected chi connectivity index (χ3v) is 4.48. The monoisotopic (exact) mass is 286 g/mol. The predicted molar refractivity (Wildman–Crippen MR) is 66.5 cm³/mol. The van der Waals surface area contributed by atoms with Gasteiger partial charge in [-0.15, -0.1) is 11.3 Å². The van der Waals surface area contributed by atoms with Crippen LogP contribution in [0.5, 0.6) is 0 Å². The first kappa shape index (κ1) is 10.4. The Hall–Kier alpha value is -0.760. The molecule has 0 aromatic carbocycles. The second-order valence-electron chi connectivity index (χ2n) is 2.75. The second kappa shape index (κ2) is 4.25. The number of nitrogens with zero attached hydrogens (tertiary/aromatic N) is 4. The molecule has 80 valence electrons. The topological polar surface area (TPSA) is 51.6 Å². The van der Waals surface area contributed by atoms with Gasteiger partial charge in [0.15, 0.2) is 4.34 Å². The van der Waals surface area contributed by atoms with Crippen LogP contribution in [0, 0.1) is 0 Å². The molecule has 0 saturated carbocycles. The minimum atomic E-state index is 0.266. The smallest absolute Gasteiger partial charge is 0.216 e. The molecule has 0 spiro atoms. The maximum Gasteiger partial charge on any atom is 0.224 e. The average molecular weight is 287 g/mol.